The van der Waals surface area contributed by atoms with Crippen molar-refractivity contribution in [1.29, 1.82) is 0 Å². The first-order valence-electron chi connectivity index (χ1n) is 12.8. The number of hydrogen-bond donors (Lipinski definition) is 2. The molecule has 0 saturated heterocycles. The first-order chi connectivity index (χ1) is 15.0. The number of carbonyl (C=O) groups excluding carboxylic acids is 1. The SMILES string of the molecule is CC(=O)O[C@H]1CC2=C(CC[C@@H]3C[C@H](O)CC[C@]23C)[C@]23C[C@H]2C[C@H]([C@H](C)CCC(=O)O)[C@@]13C. The quantitative estimate of drug-likeness (QED) is 0.455. The van der Waals surface area contributed by atoms with E-state index in [0.29, 0.717) is 30.1 Å². The Morgan fingerprint density at radius 2 is 1.91 bits per heavy atom. The van der Waals surface area contributed by atoms with Gasteiger partial charge in [-0.3, -0.25) is 9.59 Å². The molecule has 0 aromatic carbocycles. The first kappa shape index (κ1) is 22.4. The summed E-state index contributed by atoms with van der Waals surface area (Å²) in [7, 11) is 0. The monoisotopic (exact) mass is 444 g/mol. The van der Waals surface area contributed by atoms with Crippen molar-refractivity contribution in [3.8, 4) is 0 Å². The summed E-state index contributed by atoms with van der Waals surface area (Å²) in [4.78, 5) is 23.5. The van der Waals surface area contributed by atoms with Crippen LogP contribution < -0.4 is 0 Å². The fraction of sp³-hybridized carbons (Fsp3) is 0.852. The van der Waals surface area contributed by atoms with Crippen molar-refractivity contribution in [3.63, 3.8) is 0 Å². The lowest BCUT2D eigenvalue weighted by Crippen LogP contribution is -2.54. The van der Waals surface area contributed by atoms with Gasteiger partial charge in [0.1, 0.15) is 6.10 Å². The van der Waals surface area contributed by atoms with E-state index >= 15 is 0 Å². The molecule has 0 amide bonds. The number of aliphatic hydroxyl groups excluding tert-OH is 1. The smallest absolute Gasteiger partial charge is 0.303 e. The highest BCUT2D eigenvalue weighted by Gasteiger charge is 2.78. The highest BCUT2D eigenvalue weighted by atomic mass is 16.5. The molecule has 2 N–H and O–H groups in total. The van der Waals surface area contributed by atoms with Gasteiger partial charge in [-0.15, -0.1) is 0 Å². The zero-order chi connectivity index (χ0) is 23.1. The fourth-order valence-corrected chi connectivity index (χ4v) is 9.39. The van der Waals surface area contributed by atoms with Gasteiger partial charge in [0.05, 0.1) is 6.10 Å². The summed E-state index contributed by atoms with van der Waals surface area (Å²) in [6, 6.07) is 0. The number of aliphatic hydroxyl groups is 1. The number of ether oxygens (including phenoxy) is 1. The van der Waals surface area contributed by atoms with Gasteiger partial charge in [-0.25, -0.2) is 0 Å². The van der Waals surface area contributed by atoms with Crippen LogP contribution >= 0.6 is 0 Å². The minimum Gasteiger partial charge on any atom is -0.481 e. The van der Waals surface area contributed by atoms with Gasteiger partial charge in [-0.2, -0.15) is 0 Å². The fourth-order valence-electron chi connectivity index (χ4n) is 9.39. The molecule has 0 aromatic heterocycles. The van der Waals surface area contributed by atoms with E-state index in [4.69, 9.17) is 4.74 Å². The van der Waals surface area contributed by atoms with Gasteiger partial charge in [-0.1, -0.05) is 31.9 Å². The number of aliphatic carboxylic acids is 1. The van der Waals surface area contributed by atoms with Crippen molar-refractivity contribution in [3.05, 3.63) is 11.1 Å². The topological polar surface area (TPSA) is 83.8 Å². The maximum Gasteiger partial charge on any atom is 0.303 e. The predicted molar refractivity (Wildman–Crippen MR) is 121 cm³/mol. The molecule has 178 valence electrons. The molecule has 32 heavy (non-hydrogen) atoms. The van der Waals surface area contributed by atoms with E-state index in [1.54, 1.807) is 11.1 Å². The van der Waals surface area contributed by atoms with Crippen molar-refractivity contribution in [2.24, 2.45) is 39.9 Å². The third-order valence-corrected chi connectivity index (χ3v) is 11.0. The Hall–Kier alpha value is -1.36. The summed E-state index contributed by atoms with van der Waals surface area (Å²) in [5.74, 6) is 0.925. The molecular formula is C27H40O5. The molecule has 3 saturated carbocycles. The van der Waals surface area contributed by atoms with Crippen molar-refractivity contribution in [1.82, 2.24) is 0 Å². The van der Waals surface area contributed by atoms with E-state index < -0.39 is 5.97 Å². The molecule has 1 spiro atoms. The molecule has 5 rings (SSSR count). The Morgan fingerprint density at radius 3 is 2.59 bits per heavy atom. The molecule has 0 aromatic rings. The van der Waals surface area contributed by atoms with Crippen LogP contribution in [0.5, 0.6) is 0 Å². The highest BCUT2D eigenvalue weighted by Crippen LogP contribution is 2.83. The van der Waals surface area contributed by atoms with E-state index in [1.807, 2.05) is 0 Å². The lowest BCUT2D eigenvalue weighted by atomic mass is 9.47. The number of hydrogen-bond acceptors (Lipinski definition) is 4. The molecule has 0 aliphatic heterocycles. The van der Waals surface area contributed by atoms with Crippen LogP contribution in [0.2, 0.25) is 0 Å². The van der Waals surface area contributed by atoms with Crippen molar-refractivity contribution in [2.45, 2.75) is 104 Å². The van der Waals surface area contributed by atoms with E-state index in [9.17, 15) is 19.8 Å². The van der Waals surface area contributed by atoms with Crippen LogP contribution in [0.4, 0.5) is 0 Å². The van der Waals surface area contributed by atoms with E-state index in [0.717, 1.165) is 44.9 Å². The third-order valence-electron chi connectivity index (χ3n) is 11.0. The maximum absolute atomic E-state index is 12.3. The van der Waals surface area contributed by atoms with Gasteiger partial charge in [0.25, 0.3) is 0 Å². The number of carboxylic acid groups (broad SMARTS) is 1. The van der Waals surface area contributed by atoms with Crippen molar-refractivity contribution >= 4 is 11.9 Å². The second kappa shape index (κ2) is 7.32. The number of esters is 1. The summed E-state index contributed by atoms with van der Waals surface area (Å²) in [5, 5.41) is 19.6. The van der Waals surface area contributed by atoms with E-state index in [-0.39, 0.29) is 40.8 Å². The van der Waals surface area contributed by atoms with Gasteiger partial charge in [0.2, 0.25) is 0 Å². The van der Waals surface area contributed by atoms with Crippen LogP contribution in [0.1, 0.15) is 91.9 Å². The van der Waals surface area contributed by atoms with Crippen LogP contribution in [0.15, 0.2) is 11.1 Å². The minimum absolute atomic E-state index is 0.113. The number of fused-ring (bicyclic) bond motifs is 2. The summed E-state index contributed by atoms with van der Waals surface area (Å²) >= 11 is 0. The largest absolute Gasteiger partial charge is 0.481 e. The standard InChI is InChI=1S/C27H40O5/c1-15(5-8-24(30)31)21-12-18-14-27(18)20-7-6-17-11-19(29)9-10-25(17,3)22(20)13-23(26(21,27)4)32-16(2)28/h15,17-19,21,23,29H,5-14H2,1-4H3,(H,30,31)/t15-,17-,18-,19-,21-,23+,25+,26+,27+/m1/s1. The molecule has 0 radical (unpaired) electrons. The van der Waals surface area contributed by atoms with Gasteiger partial charge >= 0.3 is 11.9 Å². The van der Waals surface area contributed by atoms with Crippen LogP contribution in [0.3, 0.4) is 0 Å². The zero-order valence-corrected chi connectivity index (χ0v) is 20.2. The summed E-state index contributed by atoms with van der Waals surface area (Å²) in [6.07, 6.45) is 8.82. The van der Waals surface area contributed by atoms with Crippen LogP contribution in [0, 0.1) is 39.9 Å². The average Bonchev–Trinajstić information content (AvgIpc) is 3.37. The van der Waals surface area contributed by atoms with Gasteiger partial charge in [0.15, 0.2) is 0 Å². The molecule has 5 aliphatic carbocycles. The zero-order valence-electron chi connectivity index (χ0n) is 20.2. The molecule has 0 bridgehead atoms. The third kappa shape index (κ3) is 2.91. The highest BCUT2D eigenvalue weighted by molar-refractivity contribution is 5.67. The Bertz CT molecular complexity index is 862. The number of allylic oxidation sites excluding steroid dienone is 1. The van der Waals surface area contributed by atoms with Crippen LogP contribution in [-0.4, -0.2) is 34.4 Å². The molecule has 5 aliphatic rings. The van der Waals surface area contributed by atoms with Crippen molar-refractivity contribution < 1.29 is 24.5 Å². The molecular weight excluding hydrogens is 404 g/mol. The molecule has 3 fully saturated rings. The minimum atomic E-state index is -0.726. The van der Waals surface area contributed by atoms with Gasteiger partial charge < -0.3 is 14.9 Å². The first-order valence-corrected chi connectivity index (χ1v) is 12.8. The molecule has 5 heteroatoms. The normalized spacial score (nSPS) is 47.6. The van der Waals surface area contributed by atoms with Crippen LogP contribution in [0.25, 0.3) is 0 Å². The van der Waals surface area contributed by atoms with Gasteiger partial charge in [0, 0.05) is 30.6 Å². The summed E-state index contributed by atoms with van der Waals surface area (Å²) in [5.41, 5.74) is 3.37. The summed E-state index contributed by atoms with van der Waals surface area (Å²) in [6.45, 7) is 8.54. The Balaban J connectivity index is 1.56. The summed E-state index contributed by atoms with van der Waals surface area (Å²) < 4.78 is 6.16. The molecule has 5 nitrogen and oxygen atoms in total. The lowest BCUT2D eigenvalue weighted by molar-refractivity contribution is -0.163. The number of carboxylic acids is 1. The predicted octanol–water partition coefficient (Wildman–Crippen LogP) is 5.11. The van der Waals surface area contributed by atoms with Crippen LogP contribution in [-0.2, 0) is 14.3 Å². The van der Waals surface area contributed by atoms with Gasteiger partial charge in [-0.05, 0) is 80.5 Å². The molecule has 0 heterocycles. The number of carbonyl (C=O) groups is 2. The molecule has 9 atom stereocenters. The maximum atomic E-state index is 12.3. The average molecular weight is 445 g/mol. The van der Waals surface area contributed by atoms with Crippen molar-refractivity contribution in [2.75, 3.05) is 0 Å². The van der Waals surface area contributed by atoms with E-state index in [1.165, 1.54) is 13.3 Å². The lowest BCUT2D eigenvalue weighted by Gasteiger charge is -2.58. The number of rotatable bonds is 5. The second-order valence-corrected chi connectivity index (χ2v) is 12.2. The Labute approximate surface area is 192 Å². The second-order valence-electron chi connectivity index (χ2n) is 12.2. The Kier molecular flexibility index (Phi) is 5.13. The van der Waals surface area contributed by atoms with E-state index in [2.05, 4.69) is 20.8 Å². The Morgan fingerprint density at radius 1 is 1.16 bits per heavy atom. The molecule has 0 unspecified atom stereocenters.